The van der Waals surface area contributed by atoms with Gasteiger partial charge in [0.15, 0.2) is 0 Å². The van der Waals surface area contributed by atoms with E-state index in [2.05, 4.69) is 9.05 Å². The van der Waals surface area contributed by atoms with E-state index >= 15 is 0 Å². The summed E-state index contributed by atoms with van der Waals surface area (Å²) in [5, 5.41) is 19.0. The Morgan fingerprint density at radius 3 is 1.42 bits per heavy atom. The van der Waals surface area contributed by atoms with Gasteiger partial charge in [-0.15, -0.1) is 0 Å². The Morgan fingerprint density at radius 2 is 1.16 bits per heavy atom. The Morgan fingerprint density at radius 1 is 0.842 bits per heavy atom. The lowest BCUT2D eigenvalue weighted by Crippen LogP contribution is -2.35. The van der Waals surface area contributed by atoms with E-state index in [1.54, 1.807) is 0 Å². The minimum atomic E-state index is -4.75. The van der Waals surface area contributed by atoms with Gasteiger partial charge in [-0.3, -0.25) is 9.05 Å². The van der Waals surface area contributed by atoms with Crippen LogP contribution in [0.4, 0.5) is 0 Å². The van der Waals surface area contributed by atoms with E-state index in [0.29, 0.717) is 0 Å². The molecule has 1 heterocycles. The summed E-state index contributed by atoms with van der Waals surface area (Å²) in [4.78, 5) is 33.9. The van der Waals surface area contributed by atoms with Crippen molar-refractivity contribution >= 4 is 15.6 Å². The fourth-order valence-electron chi connectivity index (χ4n) is 1.44. The normalized spacial score (nSPS) is 32.7. The van der Waals surface area contributed by atoms with Crippen LogP contribution in [0.15, 0.2) is 0 Å². The lowest BCUT2D eigenvalue weighted by atomic mass is 10.1. The van der Waals surface area contributed by atoms with Gasteiger partial charge < -0.3 is 34.5 Å². The Labute approximate surface area is 107 Å². The molecule has 0 spiro atoms. The third kappa shape index (κ3) is 5.94. The van der Waals surface area contributed by atoms with Crippen molar-refractivity contribution in [1.29, 1.82) is 0 Å². The second-order valence-electron chi connectivity index (χ2n) is 3.77. The molecule has 19 heavy (non-hydrogen) atoms. The summed E-state index contributed by atoms with van der Waals surface area (Å²) in [6, 6.07) is 0. The number of phosphoric ester groups is 2. The largest absolute Gasteiger partial charge is 0.469 e. The SMILES string of the molecule is O=P(O)(O)OC[C@@H]1O[C@H](COP(=O)(O)O)[C@@H](O)[C@@H]1O. The van der Waals surface area contributed by atoms with Crippen LogP contribution in [-0.2, 0) is 22.9 Å². The first-order valence-corrected chi connectivity index (χ1v) is 7.97. The van der Waals surface area contributed by atoms with Crippen LogP contribution in [0.3, 0.4) is 0 Å². The van der Waals surface area contributed by atoms with E-state index in [0.717, 1.165) is 0 Å². The van der Waals surface area contributed by atoms with E-state index in [9.17, 15) is 19.3 Å². The molecule has 1 saturated heterocycles. The van der Waals surface area contributed by atoms with Gasteiger partial charge in [0.25, 0.3) is 0 Å². The maximum absolute atomic E-state index is 10.5. The molecule has 4 atom stereocenters. The molecule has 0 unspecified atom stereocenters. The average molecular weight is 324 g/mol. The number of ether oxygens (including phenoxy) is 1. The van der Waals surface area contributed by atoms with Gasteiger partial charge in [-0.05, 0) is 0 Å². The van der Waals surface area contributed by atoms with Gasteiger partial charge in [0.2, 0.25) is 0 Å². The summed E-state index contributed by atoms with van der Waals surface area (Å²) < 4.78 is 34.1. The molecule has 1 rings (SSSR count). The summed E-state index contributed by atoms with van der Waals surface area (Å²) in [5.74, 6) is 0. The number of rotatable bonds is 6. The molecule has 11 nitrogen and oxygen atoms in total. The van der Waals surface area contributed by atoms with Crippen LogP contribution < -0.4 is 0 Å². The molecule has 13 heteroatoms. The molecule has 1 aliphatic rings. The van der Waals surface area contributed by atoms with Gasteiger partial charge in [-0.1, -0.05) is 0 Å². The molecule has 0 aromatic rings. The zero-order valence-electron chi connectivity index (χ0n) is 9.34. The van der Waals surface area contributed by atoms with Crippen LogP contribution in [0.5, 0.6) is 0 Å². The Kier molecular flexibility index (Phi) is 5.64. The first kappa shape index (κ1) is 17.2. The number of hydrogen-bond acceptors (Lipinski definition) is 7. The van der Waals surface area contributed by atoms with Gasteiger partial charge in [0, 0.05) is 0 Å². The summed E-state index contributed by atoms with van der Waals surface area (Å²) >= 11 is 0. The fourth-order valence-corrected chi connectivity index (χ4v) is 2.12. The minimum absolute atomic E-state index is 0.699. The van der Waals surface area contributed by atoms with Crippen LogP contribution in [0, 0.1) is 0 Å². The minimum Gasteiger partial charge on any atom is -0.388 e. The number of phosphoric acid groups is 2. The van der Waals surface area contributed by atoms with Crippen molar-refractivity contribution in [2.75, 3.05) is 13.2 Å². The van der Waals surface area contributed by atoms with Gasteiger partial charge in [-0.2, -0.15) is 0 Å². The maximum Gasteiger partial charge on any atom is 0.469 e. The molecule has 6 N–H and O–H groups in total. The molecule has 1 aliphatic heterocycles. The quantitative estimate of drug-likeness (QED) is 0.289. The highest BCUT2D eigenvalue weighted by molar-refractivity contribution is 7.46. The topological polar surface area (TPSA) is 183 Å². The zero-order chi connectivity index (χ0) is 14.8. The van der Waals surface area contributed by atoms with Crippen LogP contribution >= 0.6 is 15.6 Å². The van der Waals surface area contributed by atoms with Crippen molar-refractivity contribution < 1.29 is 52.7 Å². The molecular weight excluding hydrogens is 310 g/mol. The van der Waals surface area contributed by atoms with Crippen molar-refractivity contribution in [2.24, 2.45) is 0 Å². The molecule has 1 fully saturated rings. The molecule has 0 radical (unpaired) electrons. The third-order valence-corrected chi connectivity index (χ3v) is 3.25. The highest BCUT2D eigenvalue weighted by atomic mass is 31.2. The van der Waals surface area contributed by atoms with Gasteiger partial charge >= 0.3 is 15.6 Å². The lowest BCUT2D eigenvalue weighted by Gasteiger charge is -2.15. The third-order valence-electron chi connectivity index (χ3n) is 2.28. The summed E-state index contributed by atoms with van der Waals surface area (Å²) in [6.07, 6.45) is -5.57. The van der Waals surface area contributed by atoms with E-state index < -0.39 is 53.3 Å². The standard InChI is InChI=1S/C6H14O11P2/c7-5-3(1-15-18(9,10)11)17-4(6(5)8)2-16-19(12,13)14/h3-8H,1-2H2,(H2,9,10,11)(H2,12,13,14)/t3-,4+,5-,6-/m1/s1. The number of aliphatic hydroxyl groups is 2. The first-order chi connectivity index (χ1) is 8.49. The maximum atomic E-state index is 10.5. The fraction of sp³-hybridized carbons (Fsp3) is 1.00. The molecule has 0 amide bonds. The van der Waals surface area contributed by atoms with Crippen molar-refractivity contribution in [2.45, 2.75) is 24.4 Å². The van der Waals surface area contributed by atoms with Crippen LogP contribution in [-0.4, -0.2) is 67.4 Å². The smallest absolute Gasteiger partial charge is 0.388 e. The predicted octanol–water partition coefficient (Wildman–Crippen LogP) is -2.31. The molecule has 0 saturated carbocycles. The molecule has 0 bridgehead atoms. The van der Waals surface area contributed by atoms with Gasteiger partial charge in [-0.25, -0.2) is 9.13 Å². The lowest BCUT2D eigenvalue weighted by molar-refractivity contribution is -0.0382. The second kappa shape index (κ2) is 6.25. The average Bonchev–Trinajstić information content (AvgIpc) is 2.49. The highest BCUT2D eigenvalue weighted by Crippen LogP contribution is 2.39. The zero-order valence-corrected chi connectivity index (χ0v) is 11.1. The Hall–Kier alpha value is 0.1000. The van der Waals surface area contributed by atoms with Gasteiger partial charge in [0.1, 0.15) is 24.4 Å². The second-order valence-corrected chi connectivity index (χ2v) is 6.25. The summed E-state index contributed by atoms with van der Waals surface area (Å²) in [7, 11) is -9.51. The van der Waals surface area contributed by atoms with Crippen molar-refractivity contribution in [1.82, 2.24) is 0 Å². The highest BCUT2D eigenvalue weighted by Gasteiger charge is 2.44. The number of hydrogen-bond donors (Lipinski definition) is 6. The molecular formula is C6H14O11P2. The van der Waals surface area contributed by atoms with Gasteiger partial charge in [0.05, 0.1) is 13.2 Å². The Balaban J connectivity index is 2.51. The van der Waals surface area contributed by atoms with Crippen LogP contribution in [0.2, 0.25) is 0 Å². The first-order valence-electron chi connectivity index (χ1n) is 4.91. The number of aliphatic hydroxyl groups excluding tert-OH is 2. The monoisotopic (exact) mass is 324 g/mol. The van der Waals surface area contributed by atoms with Crippen molar-refractivity contribution in [3.63, 3.8) is 0 Å². The molecule has 0 aromatic carbocycles. The summed E-state index contributed by atoms with van der Waals surface area (Å²) in [5.41, 5.74) is 0. The summed E-state index contributed by atoms with van der Waals surface area (Å²) in [6.45, 7) is -1.40. The van der Waals surface area contributed by atoms with Crippen molar-refractivity contribution in [3.05, 3.63) is 0 Å². The van der Waals surface area contributed by atoms with Crippen LogP contribution in [0.25, 0.3) is 0 Å². The van der Waals surface area contributed by atoms with E-state index in [-0.39, 0.29) is 0 Å². The van der Waals surface area contributed by atoms with E-state index in [4.69, 9.17) is 24.3 Å². The van der Waals surface area contributed by atoms with Crippen LogP contribution in [0.1, 0.15) is 0 Å². The molecule has 114 valence electrons. The predicted molar refractivity (Wildman–Crippen MR) is 56.7 cm³/mol. The van der Waals surface area contributed by atoms with E-state index in [1.165, 1.54) is 0 Å². The molecule has 0 aliphatic carbocycles. The van der Waals surface area contributed by atoms with E-state index in [1.807, 2.05) is 0 Å². The molecule has 0 aromatic heterocycles. The Bertz CT molecular complexity index is 351. The van der Waals surface area contributed by atoms with Crippen molar-refractivity contribution in [3.8, 4) is 0 Å².